The molecule has 1 saturated carbocycles. The molecule has 2 aromatic carbocycles. The molecule has 0 spiro atoms. The normalized spacial score (nSPS) is 14.2. The summed E-state index contributed by atoms with van der Waals surface area (Å²) in [5.74, 6) is 0.753. The Morgan fingerprint density at radius 3 is 2.72 bits per heavy atom. The molecule has 1 aliphatic rings. The molecular formula is C28H32ClN3O3S. The summed E-state index contributed by atoms with van der Waals surface area (Å²) in [5, 5.41) is 2.11. The van der Waals surface area contributed by atoms with Gasteiger partial charge in [-0.2, -0.15) is 0 Å². The smallest absolute Gasteiger partial charge is 0.181 e. The lowest BCUT2D eigenvalue weighted by molar-refractivity contribution is 0.243. The van der Waals surface area contributed by atoms with E-state index in [1.165, 1.54) is 0 Å². The zero-order chi connectivity index (χ0) is 25.3. The first-order valence-electron chi connectivity index (χ1n) is 12.7. The van der Waals surface area contributed by atoms with Gasteiger partial charge in [-0.25, -0.2) is 13.4 Å². The van der Waals surface area contributed by atoms with Crippen LogP contribution in [-0.2, 0) is 9.84 Å². The van der Waals surface area contributed by atoms with Crippen molar-refractivity contribution in [2.45, 2.75) is 49.7 Å². The number of sulfone groups is 1. The van der Waals surface area contributed by atoms with Crippen LogP contribution in [0.5, 0.6) is 5.75 Å². The molecule has 1 N–H and O–H groups in total. The molecule has 4 aromatic rings. The highest BCUT2D eigenvalue weighted by atomic mass is 35.5. The summed E-state index contributed by atoms with van der Waals surface area (Å²) < 4.78 is 32.1. The van der Waals surface area contributed by atoms with Crippen LogP contribution in [0.1, 0.15) is 39.5 Å². The Hall–Kier alpha value is -2.61. The Morgan fingerprint density at radius 2 is 1.97 bits per heavy atom. The van der Waals surface area contributed by atoms with Crippen LogP contribution in [0.15, 0.2) is 53.6 Å². The molecule has 36 heavy (non-hydrogen) atoms. The topological polar surface area (TPSA) is 75.3 Å². The summed E-state index contributed by atoms with van der Waals surface area (Å²) in [7, 11) is -3.29. The number of hydrogen-bond donors (Lipinski definition) is 1. The molecule has 190 valence electrons. The zero-order valence-corrected chi connectivity index (χ0v) is 22.3. The predicted octanol–water partition coefficient (Wildman–Crippen LogP) is 6.47. The Bertz CT molecular complexity index is 1490. The van der Waals surface area contributed by atoms with Crippen LogP contribution in [0.3, 0.4) is 0 Å². The number of pyridine rings is 1. The van der Waals surface area contributed by atoms with E-state index in [1.54, 1.807) is 18.3 Å². The molecule has 0 aliphatic heterocycles. The highest BCUT2D eigenvalue weighted by molar-refractivity contribution is 7.92. The van der Waals surface area contributed by atoms with E-state index in [2.05, 4.69) is 28.7 Å². The first-order valence-corrected chi connectivity index (χ1v) is 14.6. The lowest BCUT2D eigenvalue weighted by Crippen LogP contribution is -2.26. The van der Waals surface area contributed by atoms with E-state index in [0.29, 0.717) is 22.2 Å². The number of halogens is 1. The van der Waals surface area contributed by atoms with E-state index >= 15 is 0 Å². The number of ether oxygens (including phenoxy) is 1. The first-order chi connectivity index (χ1) is 17.4. The summed E-state index contributed by atoms with van der Waals surface area (Å²) in [4.78, 5) is 10.7. The molecule has 0 radical (unpaired) electrons. The van der Waals surface area contributed by atoms with Crippen molar-refractivity contribution in [3.05, 3.63) is 53.7 Å². The van der Waals surface area contributed by atoms with Gasteiger partial charge in [-0.3, -0.25) is 0 Å². The third-order valence-electron chi connectivity index (χ3n) is 6.83. The number of H-pyrrole nitrogens is 1. The molecule has 0 saturated heterocycles. The maximum absolute atomic E-state index is 12.9. The Balaban J connectivity index is 1.53. The van der Waals surface area contributed by atoms with Crippen LogP contribution in [0.2, 0.25) is 5.02 Å². The molecular weight excluding hydrogens is 494 g/mol. The van der Waals surface area contributed by atoms with Crippen molar-refractivity contribution in [2.24, 2.45) is 0 Å². The summed E-state index contributed by atoms with van der Waals surface area (Å²) in [6.45, 7) is 8.12. The number of aromatic amines is 1. The maximum Gasteiger partial charge on any atom is 0.181 e. The first kappa shape index (κ1) is 25.1. The number of aromatic nitrogens is 2. The van der Waals surface area contributed by atoms with Crippen molar-refractivity contribution < 1.29 is 13.2 Å². The summed E-state index contributed by atoms with van der Waals surface area (Å²) >= 11 is 6.32. The monoisotopic (exact) mass is 525 g/mol. The third-order valence-corrected chi connectivity index (χ3v) is 9.30. The fourth-order valence-electron chi connectivity index (χ4n) is 4.82. The number of nitrogens with one attached hydrogen (secondary N) is 1. The maximum atomic E-state index is 12.9. The van der Waals surface area contributed by atoms with Crippen molar-refractivity contribution >= 4 is 43.4 Å². The lowest BCUT2D eigenvalue weighted by atomic mass is 9.99. The Kier molecular flexibility index (Phi) is 7.24. The van der Waals surface area contributed by atoms with E-state index in [-0.39, 0.29) is 5.25 Å². The molecule has 5 rings (SSSR count). The number of fused-ring (bicyclic) bond motifs is 3. The fourth-order valence-corrected chi connectivity index (χ4v) is 6.68. The van der Waals surface area contributed by atoms with Crippen molar-refractivity contribution in [2.75, 3.05) is 26.2 Å². The van der Waals surface area contributed by atoms with E-state index < -0.39 is 9.84 Å². The highest BCUT2D eigenvalue weighted by Crippen LogP contribution is 2.41. The van der Waals surface area contributed by atoms with E-state index in [4.69, 9.17) is 16.3 Å². The standard InChI is InChI=1S/C28H32ClN3O3S/c1-3-13-32(4-2)14-6-15-35-25-12-11-23(26-24-17-20(29)18-30-28(24)31-27(25)26)19-7-5-8-22(16-19)36(33,34)21-9-10-21/h5,7-8,11-12,16-18,21H,3-4,6,9-10,13-15H2,1-2H3,(H,30,31). The van der Waals surface area contributed by atoms with Crippen molar-refractivity contribution in [3.8, 4) is 16.9 Å². The minimum absolute atomic E-state index is 0.249. The molecule has 2 heterocycles. The van der Waals surface area contributed by atoms with E-state index in [0.717, 1.165) is 78.5 Å². The van der Waals surface area contributed by atoms with Gasteiger partial charge in [0.05, 0.1) is 27.3 Å². The van der Waals surface area contributed by atoms with Gasteiger partial charge in [-0.05, 0) is 80.2 Å². The van der Waals surface area contributed by atoms with Crippen LogP contribution in [0.4, 0.5) is 0 Å². The van der Waals surface area contributed by atoms with Crippen LogP contribution >= 0.6 is 11.6 Å². The van der Waals surface area contributed by atoms with Gasteiger partial charge in [0.25, 0.3) is 0 Å². The number of nitrogens with zero attached hydrogens (tertiary/aromatic N) is 2. The number of rotatable bonds is 11. The Morgan fingerprint density at radius 1 is 1.14 bits per heavy atom. The number of benzene rings is 2. The fraction of sp³-hybridized carbons (Fsp3) is 0.393. The zero-order valence-electron chi connectivity index (χ0n) is 20.8. The molecule has 6 nitrogen and oxygen atoms in total. The second-order valence-electron chi connectivity index (χ2n) is 9.44. The van der Waals surface area contributed by atoms with Crippen molar-refractivity contribution in [3.63, 3.8) is 0 Å². The van der Waals surface area contributed by atoms with Gasteiger partial charge in [0.15, 0.2) is 9.84 Å². The molecule has 8 heteroatoms. The van der Waals surface area contributed by atoms with Gasteiger partial charge in [0.2, 0.25) is 0 Å². The van der Waals surface area contributed by atoms with Crippen molar-refractivity contribution in [1.82, 2.24) is 14.9 Å². The highest BCUT2D eigenvalue weighted by Gasteiger charge is 2.37. The van der Waals surface area contributed by atoms with Gasteiger partial charge in [-0.15, -0.1) is 0 Å². The average Bonchev–Trinajstić information content (AvgIpc) is 3.68. The SMILES string of the molecule is CCCN(CC)CCCOc1ccc(-c2cccc(S(=O)(=O)C3CC3)c2)c2c1[nH]c1ncc(Cl)cc12. The number of hydrogen-bond acceptors (Lipinski definition) is 5. The molecule has 2 aromatic heterocycles. The third kappa shape index (κ3) is 4.97. The van der Waals surface area contributed by atoms with Gasteiger partial charge >= 0.3 is 0 Å². The minimum Gasteiger partial charge on any atom is -0.491 e. The van der Waals surface area contributed by atoms with E-state index in [1.807, 2.05) is 30.3 Å². The molecule has 0 amide bonds. The van der Waals surface area contributed by atoms with Crippen LogP contribution in [0.25, 0.3) is 33.1 Å². The molecule has 1 aliphatic carbocycles. The van der Waals surface area contributed by atoms with Gasteiger partial charge < -0.3 is 14.6 Å². The van der Waals surface area contributed by atoms with Crippen molar-refractivity contribution in [1.29, 1.82) is 0 Å². The lowest BCUT2D eigenvalue weighted by Gasteiger charge is -2.19. The molecule has 0 unspecified atom stereocenters. The average molecular weight is 526 g/mol. The van der Waals surface area contributed by atoms with Crippen LogP contribution in [-0.4, -0.2) is 54.8 Å². The predicted molar refractivity (Wildman–Crippen MR) is 147 cm³/mol. The second kappa shape index (κ2) is 10.4. The Labute approximate surface area is 217 Å². The van der Waals surface area contributed by atoms with E-state index in [9.17, 15) is 8.42 Å². The largest absolute Gasteiger partial charge is 0.491 e. The second-order valence-corrected chi connectivity index (χ2v) is 12.1. The summed E-state index contributed by atoms with van der Waals surface area (Å²) in [6, 6.07) is 13.1. The summed E-state index contributed by atoms with van der Waals surface area (Å²) in [5.41, 5.74) is 3.31. The molecule has 0 bridgehead atoms. The molecule has 0 atom stereocenters. The van der Waals surface area contributed by atoms with Gasteiger partial charge in [0, 0.05) is 23.5 Å². The van der Waals surface area contributed by atoms with Gasteiger partial charge in [0.1, 0.15) is 11.4 Å². The summed E-state index contributed by atoms with van der Waals surface area (Å²) in [6.07, 6.45) is 5.18. The van der Waals surface area contributed by atoms with Crippen LogP contribution in [0, 0.1) is 0 Å². The quantitative estimate of drug-likeness (QED) is 0.227. The molecule has 1 fully saturated rings. The van der Waals surface area contributed by atoms with Crippen LogP contribution < -0.4 is 4.74 Å². The van der Waals surface area contributed by atoms with Gasteiger partial charge in [-0.1, -0.05) is 37.6 Å². The minimum atomic E-state index is -3.29.